The smallest absolute Gasteiger partial charge is 0.339 e. The Bertz CT molecular complexity index is 1050. The number of nitrogens with zero attached hydrogens (tertiary/aromatic N) is 2. The molecule has 1 aliphatic rings. The van der Waals surface area contributed by atoms with Gasteiger partial charge >= 0.3 is 5.97 Å². The minimum absolute atomic E-state index is 0.0296. The zero-order valence-corrected chi connectivity index (χ0v) is 18.2. The van der Waals surface area contributed by atoms with Gasteiger partial charge < -0.3 is 25.0 Å². The van der Waals surface area contributed by atoms with Gasteiger partial charge in [0.25, 0.3) is 11.6 Å². The van der Waals surface area contributed by atoms with Crippen LogP contribution in [0.15, 0.2) is 42.5 Å². The van der Waals surface area contributed by atoms with E-state index in [0.29, 0.717) is 43.4 Å². The molecule has 0 bridgehead atoms. The predicted molar refractivity (Wildman–Crippen MR) is 120 cm³/mol. The number of hydrogen-bond acceptors (Lipinski definition) is 8. The van der Waals surface area contributed by atoms with Crippen LogP contribution in [0.3, 0.4) is 0 Å². The molecule has 1 saturated heterocycles. The van der Waals surface area contributed by atoms with Crippen molar-refractivity contribution in [1.82, 2.24) is 0 Å². The van der Waals surface area contributed by atoms with E-state index in [1.807, 2.05) is 4.90 Å². The number of carbonyl (C=O) groups excluding carboxylic acids is 3. The maximum atomic E-state index is 12.5. The molecule has 0 aromatic heterocycles. The summed E-state index contributed by atoms with van der Waals surface area (Å²) in [4.78, 5) is 48.8. The molecule has 0 saturated carbocycles. The minimum atomic E-state index is -1.15. The van der Waals surface area contributed by atoms with Crippen LogP contribution in [0.2, 0.25) is 0 Å². The van der Waals surface area contributed by atoms with Gasteiger partial charge in [0.05, 0.1) is 23.7 Å². The van der Waals surface area contributed by atoms with Crippen LogP contribution in [-0.4, -0.2) is 55.1 Å². The first-order chi connectivity index (χ1) is 15.7. The Morgan fingerprint density at radius 2 is 1.67 bits per heavy atom. The van der Waals surface area contributed by atoms with Crippen molar-refractivity contribution in [2.24, 2.45) is 0 Å². The van der Waals surface area contributed by atoms with Gasteiger partial charge in [-0.25, -0.2) is 4.79 Å². The molecule has 2 aromatic rings. The molecule has 3 rings (SSSR count). The number of hydrogen-bond donors (Lipinski definition) is 2. The lowest BCUT2D eigenvalue weighted by molar-refractivity contribution is -0.384. The number of anilines is 3. The summed E-state index contributed by atoms with van der Waals surface area (Å²) >= 11 is 0. The molecule has 0 spiro atoms. The van der Waals surface area contributed by atoms with Crippen molar-refractivity contribution in [3.63, 3.8) is 0 Å². The van der Waals surface area contributed by atoms with Crippen LogP contribution in [-0.2, 0) is 19.1 Å². The Balaban J connectivity index is 1.64. The van der Waals surface area contributed by atoms with Gasteiger partial charge in [0.15, 0.2) is 6.10 Å². The minimum Gasteiger partial charge on any atom is -0.449 e. The number of nitro benzene ring substituents is 1. The zero-order chi connectivity index (χ0) is 24.0. The molecule has 11 heteroatoms. The summed E-state index contributed by atoms with van der Waals surface area (Å²) in [6.45, 7) is 4.72. The van der Waals surface area contributed by atoms with E-state index in [0.717, 1.165) is 6.07 Å². The van der Waals surface area contributed by atoms with Crippen LogP contribution < -0.4 is 15.5 Å². The SMILES string of the molecule is CC(=O)Nc1ccc(NC(=O)[C@H](C)OC(=O)c2ccc(N3CCOCC3)c([N+](=O)[O-])c2)cc1. The van der Waals surface area contributed by atoms with Crippen molar-refractivity contribution in [3.8, 4) is 0 Å². The number of benzene rings is 2. The number of esters is 1. The maximum Gasteiger partial charge on any atom is 0.339 e. The van der Waals surface area contributed by atoms with E-state index >= 15 is 0 Å². The Labute approximate surface area is 189 Å². The second kappa shape index (κ2) is 10.6. The third kappa shape index (κ3) is 6.26. The summed E-state index contributed by atoms with van der Waals surface area (Å²) in [6.07, 6.45) is -1.15. The first-order valence-electron chi connectivity index (χ1n) is 10.2. The highest BCUT2D eigenvalue weighted by atomic mass is 16.6. The molecule has 2 aromatic carbocycles. The summed E-state index contributed by atoms with van der Waals surface area (Å²) < 4.78 is 10.5. The molecule has 11 nitrogen and oxygen atoms in total. The normalized spacial score (nSPS) is 14.2. The zero-order valence-electron chi connectivity index (χ0n) is 18.2. The van der Waals surface area contributed by atoms with Crippen LogP contribution in [0.25, 0.3) is 0 Å². The van der Waals surface area contributed by atoms with Crippen molar-refractivity contribution < 1.29 is 28.8 Å². The van der Waals surface area contributed by atoms with Crippen LogP contribution in [0.5, 0.6) is 0 Å². The molecule has 0 aliphatic carbocycles. The summed E-state index contributed by atoms with van der Waals surface area (Å²) in [5, 5.41) is 16.8. The van der Waals surface area contributed by atoms with Crippen molar-refractivity contribution in [2.45, 2.75) is 20.0 Å². The summed E-state index contributed by atoms with van der Waals surface area (Å²) in [7, 11) is 0. The Morgan fingerprint density at radius 1 is 1.06 bits per heavy atom. The number of ether oxygens (including phenoxy) is 2. The van der Waals surface area contributed by atoms with Gasteiger partial charge in [-0.15, -0.1) is 0 Å². The van der Waals surface area contributed by atoms with Crippen molar-refractivity contribution in [1.29, 1.82) is 0 Å². The van der Waals surface area contributed by atoms with E-state index in [1.165, 1.54) is 26.0 Å². The summed E-state index contributed by atoms with van der Waals surface area (Å²) in [5.74, 6) is -1.64. The van der Waals surface area contributed by atoms with Crippen LogP contribution >= 0.6 is 0 Å². The molecular weight excluding hydrogens is 432 g/mol. The standard InChI is InChI=1S/C22H24N4O7/c1-14(21(28)24-18-6-4-17(5-7-18)23-15(2)27)33-22(29)16-3-8-19(20(13-16)26(30)31)25-9-11-32-12-10-25/h3-8,13-14H,9-12H2,1-2H3,(H,23,27)(H,24,28)/t14-/m0/s1. The number of nitro groups is 1. The maximum absolute atomic E-state index is 12.5. The molecule has 2 amide bonds. The van der Waals surface area contributed by atoms with Gasteiger partial charge in [-0.05, 0) is 43.3 Å². The molecule has 33 heavy (non-hydrogen) atoms. The molecule has 1 atom stereocenters. The topological polar surface area (TPSA) is 140 Å². The van der Waals surface area contributed by atoms with Gasteiger partial charge in [0.2, 0.25) is 5.91 Å². The number of nitrogens with one attached hydrogen (secondary N) is 2. The Hall–Kier alpha value is -3.99. The number of rotatable bonds is 7. The lowest BCUT2D eigenvalue weighted by atomic mass is 10.1. The van der Waals surface area contributed by atoms with E-state index in [-0.39, 0.29) is 17.2 Å². The van der Waals surface area contributed by atoms with E-state index in [4.69, 9.17) is 9.47 Å². The summed E-state index contributed by atoms with van der Waals surface area (Å²) in [6, 6.07) is 10.5. The first kappa shape index (κ1) is 23.7. The van der Waals surface area contributed by atoms with E-state index < -0.39 is 22.9 Å². The number of amides is 2. The molecular formula is C22H24N4O7. The van der Waals surface area contributed by atoms with E-state index in [1.54, 1.807) is 24.3 Å². The highest BCUT2D eigenvalue weighted by molar-refractivity contribution is 5.98. The van der Waals surface area contributed by atoms with Gasteiger partial charge in [0, 0.05) is 37.5 Å². The highest BCUT2D eigenvalue weighted by Gasteiger charge is 2.25. The fourth-order valence-electron chi connectivity index (χ4n) is 3.23. The van der Waals surface area contributed by atoms with Crippen LogP contribution in [0.4, 0.5) is 22.7 Å². The first-order valence-corrected chi connectivity index (χ1v) is 10.2. The number of morpholine rings is 1. The average molecular weight is 456 g/mol. The lowest BCUT2D eigenvalue weighted by Gasteiger charge is -2.28. The molecule has 1 heterocycles. The Kier molecular flexibility index (Phi) is 7.57. The lowest BCUT2D eigenvalue weighted by Crippen LogP contribution is -2.36. The highest BCUT2D eigenvalue weighted by Crippen LogP contribution is 2.30. The second-order valence-corrected chi connectivity index (χ2v) is 7.36. The largest absolute Gasteiger partial charge is 0.449 e. The van der Waals surface area contributed by atoms with E-state index in [2.05, 4.69) is 10.6 Å². The predicted octanol–water partition coefficient (Wildman–Crippen LogP) is 2.57. The van der Waals surface area contributed by atoms with Gasteiger partial charge in [-0.3, -0.25) is 19.7 Å². The quantitative estimate of drug-likeness (QED) is 0.368. The van der Waals surface area contributed by atoms with Gasteiger partial charge in [-0.1, -0.05) is 0 Å². The van der Waals surface area contributed by atoms with Crippen LogP contribution in [0.1, 0.15) is 24.2 Å². The Morgan fingerprint density at radius 3 is 2.24 bits per heavy atom. The third-order valence-electron chi connectivity index (χ3n) is 4.89. The molecule has 0 unspecified atom stereocenters. The fraction of sp³-hybridized carbons (Fsp3) is 0.318. The second-order valence-electron chi connectivity index (χ2n) is 7.36. The molecule has 2 N–H and O–H groups in total. The van der Waals surface area contributed by atoms with Crippen molar-refractivity contribution >= 4 is 40.5 Å². The van der Waals surface area contributed by atoms with Crippen molar-refractivity contribution in [3.05, 3.63) is 58.1 Å². The molecule has 1 aliphatic heterocycles. The fourth-order valence-corrected chi connectivity index (χ4v) is 3.23. The molecule has 0 radical (unpaired) electrons. The molecule has 174 valence electrons. The van der Waals surface area contributed by atoms with Crippen LogP contribution in [0, 0.1) is 10.1 Å². The van der Waals surface area contributed by atoms with Gasteiger partial charge in [-0.2, -0.15) is 0 Å². The molecule has 1 fully saturated rings. The third-order valence-corrected chi connectivity index (χ3v) is 4.89. The van der Waals surface area contributed by atoms with Crippen molar-refractivity contribution in [2.75, 3.05) is 41.8 Å². The van der Waals surface area contributed by atoms with E-state index in [9.17, 15) is 24.5 Å². The summed E-state index contributed by atoms with van der Waals surface area (Å²) in [5.41, 5.74) is 1.17. The van der Waals surface area contributed by atoms with Gasteiger partial charge in [0.1, 0.15) is 5.69 Å². The average Bonchev–Trinajstić information content (AvgIpc) is 2.80. The monoisotopic (exact) mass is 456 g/mol. The number of carbonyl (C=O) groups is 3.